The molecule has 1 aromatic heterocycles. The van der Waals surface area contributed by atoms with Crippen LogP contribution in [-0.4, -0.2) is 48.8 Å². The maximum atomic E-state index is 13.3. The van der Waals surface area contributed by atoms with Crippen LogP contribution in [0.15, 0.2) is 80.2 Å². The number of aromatic nitrogens is 2. The molecule has 9 nitrogen and oxygen atoms in total. The van der Waals surface area contributed by atoms with Gasteiger partial charge in [-0.1, -0.05) is 39.8 Å². The van der Waals surface area contributed by atoms with Gasteiger partial charge in [-0.3, -0.25) is 14.2 Å². The first kappa shape index (κ1) is 26.2. The van der Waals surface area contributed by atoms with Gasteiger partial charge in [-0.2, -0.15) is 5.10 Å². The Bertz CT molecular complexity index is 1500. The third kappa shape index (κ3) is 5.95. The maximum Gasteiger partial charge on any atom is 0.266 e. The average molecular weight is 583 g/mol. The van der Waals surface area contributed by atoms with Crippen LogP contribution in [0.4, 0.5) is 0 Å². The third-order valence-corrected chi connectivity index (χ3v) is 6.77. The highest BCUT2D eigenvalue weighted by Crippen LogP contribution is 2.32. The molecule has 1 amide bonds. The SMILES string of the molecule is COc1cc(OC)c(C=NNC(=O)CSc2nc3ccccc3c(=O)n2-c2ccc(Br)cc2)c(OC)c1. The fourth-order valence-electron chi connectivity index (χ4n) is 3.52. The molecule has 0 spiro atoms. The van der Waals surface area contributed by atoms with Gasteiger partial charge in [-0.05, 0) is 36.4 Å². The Morgan fingerprint density at radius 1 is 1.05 bits per heavy atom. The minimum absolute atomic E-state index is 0.0183. The van der Waals surface area contributed by atoms with Gasteiger partial charge in [0, 0.05) is 16.6 Å². The average Bonchev–Trinajstić information content (AvgIpc) is 2.92. The molecule has 0 radical (unpaired) electrons. The van der Waals surface area contributed by atoms with Crippen LogP contribution in [0.5, 0.6) is 17.2 Å². The van der Waals surface area contributed by atoms with Crippen LogP contribution in [-0.2, 0) is 4.79 Å². The standard InChI is InChI=1S/C26H23BrN4O5S/c1-34-18-12-22(35-2)20(23(13-18)36-3)14-28-30-24(32)15-37-26-29-21-7-5-4-6-19(21)25(33)31(26)17-10-8-16(27)9-11-17/h4-14H,15H2,1-3H3,(H,30,32). The number of para-hydroxylation sites is 1. The molecule has 0 aliphatic rings. The Labute approximate surface area is 225 Å². The first-order valence-corrected chi connectivity index (χ1v) is 12.8. The summed E-state index contributed by atoms with van der Waals surface area (Å²) in [6, 6.07) is 17.8. The third-order valence-electron chi connectivity index (χ3n) is 5.30. The number of benzene rings is 3. The van der Waals surface area contributed by atoms with E-state index in [2.05, 4.69) is 31.4 Å². The highest BCUT2D eigenvalue weighted by atomic mass is 79.9. The zero-order valence-electron chi connectivity index (χ0n) is 20.2. The van der Waals surface area contributed by atoms with E-state index in [1.807, 2.05) is 30.3 Å². The molecule has 1 N–H and O–H groups in total. The van der Waals surface area contributed by atoms with Gasteiger partial charge in [0.1, 0.15) is 17.2 Å². The maximum absolute atomic E-state index is 13.3. The van der Waals surface area contributed by atoms with Crippen molar-refractivity contribution in [2.24, 2.45) is 5.10 Å². The van der Waals surface area contributed by atoms with E-state index in [-0.39, 0.29) is 17.2 Å². The molecule has 11 heteroatoms. The molecule has 0 unspecified atom stereocenters. The Balaban J connectivity index is 1.55. The predicted molar refractivity (Wildman–Crippen MR) is 148 cm³/mol. The van der Waals surface area contributed by atoms with Crippen molar-refractivity contribution in [2.75, 3.05) is 27.1 Å². The zero-order chi connectivity index (χ0) is 26.4. The first-order valence-electron chi connectivity index (χ1n) is 11.0. The van der Waals surface area contributed by atoms with Crippen molar-refractivity contribution in [3.05, 3.63) is 81.1 Å². The predicted octanol–water partition coefficient (Wildman–Crippen LogP) is 4.42. The van der Waals surface area contributed by atoms with Crippen LogP contribution in [0.25, 0.3) is 16.6 Å². The van der Waals surface area contributed by atoms with Gasteiger partial charge < -0.3 is 14.2 Å². The van der Waals surface area contributed by atoms with Crippen molar-refractivity contribution in [3.63, 3.8) is 0 Å². The number of carbonyl (C=O) groups excluding carboxylic acids is 1. The van der Waals surface area contributed by atoms with E-state index in [0.29, 0.717) is 44.6 Å². The fraction of sp³-hybridized carbons (Fsp3) is 0.154. The smallest absolute Gasteiger partial charge is 0.266 e. The van der Waals surface area contributed by atoms with Gasteiger partial charge >= 0.3 is 0 Å². The van der Waals surface area contributed by atoms with Crippen molar-refractivity contribution in [3.8, 4) is 22.9 Å². The number of hydrazone groups is 1. The second kappa shape index (κ2) is 11.9. The van der Waals surface area contributed by atoms with E-state index in [4.69, 9.17) is 14.2 Å². The molecule has 0 fully saturated rings. The second-order valence-corrected chi connectivity index (χ2v) is 9.41. The minimum atomic E-state index is -0.377. The van der Waals surface area contributed by atoms with Gasteiger partial charge in [-0.25, -0.2) is 10.4 Å². The number of hydrogen-bond donors (Lipinski definition) is 1. The van der Waals surface area contributed by atoms with Crippen LogP contribution in [0.2, 0.25) is 0 Å². The molecule has 0 saturated carbocycles. The molecule has 0 atom stereocenters. The van der Waals surface area contributed by atoms with Crippen LogP contribution in [0.1, 0.15) is 5.56 Å². The van der Waals surface area contributed by atoms with Gasteiger partial charge in [-0.15, -0.1) is 0 Å². The highest BCUT2D eigenvalue weighted by molar-refractivity contribution is 9.10. The summed E-state index contributed by atoms with van der Waals surface area (Å²) >= 11 is 4.55. The van der Waals surface area contributed by atoms with Crippen LogP contribution in [0.3, 0.4) is 0 Å². The van der Waals surface area contributed by atoms with Crippen molar-refractivity contribution in [1.29, 1.82) is 0 Å². The monoisotopic (exact) mass is 582 g/mol. The van der Waals surface area contributed by atoms with Gasteiger partial charge in [0.25, 0.3) is 11.5 Å². The van der Waals surface area contributed by atoms with E-state index in [1.54, 1.807) is 37.4 Å². The molecule has 1 heterocycles. The number of nitrogens with one attached hydrogen (secondary N) is 1. The summed E-state index contributed by atoms with van der Waals surface area (Å²) in [5.41, 5.74) is 4.02. The number of halogens is 1. The summed E-state index contributed by atoms with van der Waals surface area (Å²) in [6.07, 6.45) is 1.44. The number of methoxy groups -OCH3 is 3. The molecule has 190 valence electrons. The second-order valence-electron chi connectivity index (χ2n) is 7.56. The van der Waals surface area contributed by atoms with Crippen molar-refractivity contribution < 1.29 is 19.0 Å². The van der Waals surface area contributed by atoms with E-state index < -0.39 is 0 Å². The molecule has 0 saturated heterocycles. The van der Waals surface area contributed by atoms with E-state index in [1.165, 1.54) is 25.0 Å². The number of thioether (sulfide) groups is 1. The van der Waals surface area contributed by atoms with E-state index >= 15 is 0 Å². The highest BCUT2D eigenvalue weighted by Gasteiger charge is 2.15. The number of carbonyl (C=O) groups is 1. The molecule has 0 aliphatic carbocycles. The largest absolute Gasteiger partial charge is 0.496 e. The number of fused-ring (bicyclic) bond motifs is 1. The Kier molecular flexibility index (Phi) is 8.47. The molecular formula is C26H23BrN4O5S. The van der Waals surface area contributed by atoms with Gasteiger partial charge in [0.15, 0.2) is 5.16 Å². The molecule has 4 rings (SSSR count). The quantitative estimate of drug-likeness (QED) is 0.135. The first-order chi connectivity index (χ1) is 17.9. The topological polar surface area (TPSA) is 104 Å². The molecule has 0 bridgehead atoms. The fourth-order valence-corrected chi connectivity index (χ4v) is 4.59. The van der Waals surface area contributed by atoms with Crippen molar-refractivity contribution >= 4 is 50.7 Å². The lowest BCUT2D eigenvalue weighted by molar-refractivity contribution is -0.118. The van der Waals surface area contributed by atoms with Gasteiger partial charge in [0.2, 0.25) is 0 Å². The van der Waals surface area contributed by atoms with Gasteiger partial charge in [0.05, 0.1) is 55.5 Å². The molecule has 0 aliphatic heterocycles. The number of rotatable bonds is 9. The lowest BCUT2D eigenvalue weighted by Crippen LogP contribution is -2.24. The van der Waals surface area contributed by atoms with Crippen LogP contribution >= 0.6 is 27.7 Å². The lowest BCUT2D eigenvalue weighted by atomic mass is 10.2. The normalized spacial score (nSPS) is 11.0. The summed E-state index contributed by atoms with van der Waals surface area (Å²) in [7, 11) is 4.57. The summed E-state index contributed by atoms with van der Waals surface area (Å²) in [5.74, 6) is 1.11. The van der Waals surface area contributed by atoms with E-state index in [0.717, 1.165) is 16.2 Å². The summed E-state index contributed by atoms with van der Waals surface area (Å²) in [5, 5.41) is 4.94. The van der Waals surface area contributed by atoms with Crippen molar-refractivity contribution in [1.82, 2.24) is 15.0 Å². The number of amides is 1. The summed E-state index contributed by atoms with van der Waals surface area (Å²) in [6.45, 7) is 0. The lowest BCUT2D eigenvalue weighted by Gasteiger charge is -2.13. The number of ether oxygens (including phenoxy) is 3. The van der Waals surface area contributed by atoms with Crippen LogP contribution in [0, 0.1) is 0 Å². The Morgan fingerprint density at radius 2 is 1.73 bits per heavy atom. The van der Waals surface area contributed by atoms with Crippen molar-refractivity contribution in [2.45, 2.75) is 5.16 Å². The minimum Gasteiger partial charge on any atom is -0.496 e. The molecule has 3 aromatic carbocycles. The summed E-state index contributed by atoms with van der Waals surface area (Å²) in [4.78, 5) is 30.6. The Morgan fingerprint density at radius 3 is 2.38 bits per heavy atom. The number of nitrogens with zero attached hydrogens (tertiary/aromatic N) is 3. The van der Waals surface area contributed by atoms with E-state index in [9.17, 15) is 9.59 Å². The molecule has 4 aromatic rings. The Hall–Kier alpha value is -3.83. The number of hydrogen-bond acceptors (Lipinski definition) is 8. The molecular weight excluding hydrogens is 560 g/mol. The summed E-state index contributed by atoms with van der Waals surface area (Å²) < 4.78 is 18.4. The van der Waals surface area contributed by atoms with Crippen LogP contribution < -0.4 is 25.2 Å². The molecule has 37 heavy (non-hydrogen) atoms. The zero-order valence-corrected chi connectivity index (χ0v) is 22.6.